The van der Waals surface area contributed by atoms with Crippen LogP contribution >= 0.6 is 0 Å². The van der Waals surface area contributed by atoms with Crippen molar-refractivity contribution in [3.8, 4) is 0 Å². The van der Waals surface area contributed by atoms with Gasteiger partial charge in [0.15, 0.2) is 0 Å². The number of carboxylic acids is 1. The molecule has 0 heterocycles. The summed E-state index contributed by atoms with van der Waals surface area (Å²) < 4.78 is 0. The third kappa shape index (κ3) is 4.52. The average Bonchev–Trinajstić information content (AvgIpc) is 2.38. The van der Waals surface area contributed by atoms with E-state index < -0.39 is 5.97 Å². The molecule has 0 aromatic heterocycles. The second-order valence-electron chi connectivity index (χ2n) is 3.66. The van der Waals surface area contributed by atoms with Crippen molar-refractivity contribution in [2.75, 3.05) is 0 Å². The Kier molecular flexibility index (Phi) is 6.53. The van der Waals surface area contributed by atoms with Crippen LogP contribution in [0.1, 0.15) is 21.5 Å². The Morgan fingerprint density at radius 3 is 2.17 bits per heavy atom. The van der Waals surface area contributed by atoms with Crippen molar-refractivity contribution in [2.24, 2.45) is 0 Å². The fraction of sp³-hybridized carbons (Fsp3) is 0. The molecule has 0 atom stereocenters. The van der Waals surface area contributed by atoms with E-state index in [1.54, 1.807) is 12.1 Å². The second kappa shape index (κ2) is 7.66. The molecule has 0 saturated heterocycles. The summed E-state index contributed by atoms with van der Waals surface area (Å²) in [4.78, 5) is 10.7. The normalized spacial score (nSPS) is 10.0. The van der Waals surface area contributed by atoms with Crippen molar-refractivity contribution < 1.29 is 61.3 Å². The zero-order chi connectivity index (χ0) is 12.1. The molecule has 18 heavy (non-hydrogen) atoms. The quantitative estimate of drug-likeness (QED) is 0.538. The first kappa shape index (κ1) is 15.3. The number of benzene rings is 2. The minimum Gasteiger partial charge on any atom is -0.545 e. The molecule has 2 nitrogen and oxygen atoms in total. The summed E-state index contributed by atoms with van der Waals surface area (Å²) in [7, 11) is 0. The van der Waals surface area contributed by atoms with Crippen LogP contribution in [0.15, 0.2) is 54.6 Å². The third-order valence-electron chi connectivity index (χ3n) is 2.39. The summed E-state index contributed by atoms with van der Waals surface area (Å²) in [5, 5.41) is 10.7. The first-order chi connectivity index (χ1) is 8.25. The van der Waals surface area contributed by atoms with E-state index in [1.165, 1.54) is 6.07 Å². The summed E-state index contributed by atoms with van der Waals surface area (Å²) in [6.07, 6.45) is 3.82. The first-order valence-corrected chi connectivity index (χ1v) is 5.30. The fourth-order valence-corrected chi connectivity index (χ4v) is 1.53. The van der Waals surface area contributed by atoms with Gasteiger partial charge in [-0.15, -0.1) is 0 Å². The molecule has 0 aliphatic heterocycles. The monoisotopic (exact) mass is 262 g/mol. The predicted molar refractivity (Wildman–Crippen MR) is 66.1 cm³/mol. The minimum absolute atomic E-state index is 0. The maximum atomic E-state index is 10.7. The molecule has 84 valence electrons. The molecule has 0 aliphatic carbocycles. The van der Waals surface area contributed by atoms with Gasteiger partial charge in [-0.2, -0.15) is 0 Å². The van der Waals surface area contributed by atoms with Crippen LogP contribution < -0.4 is 56.5 Å². The zero-order valence-corrected chi connectivity index (χ0v) is 13.3. The molecule has 0 N–H and O–H groups in total. The molecule has 0 saturated carbocycles. The van der Waals surface area contributed by atoms with Gasteiger partial charge in [0.05, 0.1) is 5.97 Å². The van der Waals surface area contributed by atoms with Crippen molar-refractivity contribution in [3.63, 3.8) is 0 Å². The van der Waals surface area contributed by atoms with Gasteiger partial charge in [0, 0.05) is 0 Å². The number of aromatic carboxylic acids is 1. The van der Waals surface area contributed by atoms with Crippen molar-refractivity contribution in [1.29, 1.82) is 0 Å². The number of carboxylic acid groups (broad SMARTS) is 1. The molecule has 0 amide bonds. The summed E-state index contributed by atoms with van der Waals surface area (Å²) >= 11 is 0. The fourth-order valence-electron chi connectivity index (χ4n) is 1.53. The van der Waals surface area contributed by atoms with Crippen LogP contribution in [0.4, 0.5) is 0 Å². The van der Waals surface area contributed by atoms with E-state index in [9.17, 15) is 9.90 Å². The van der Waals surface area contributed by atoms with Crippen LogP contribution in [-0.4, -0.2) is 5.97 Å². The SMILES string of the molecule is O=C([O-])c1cccc(/C=C\c2ccccc2)c1.[K+]. The van der Waals surface area contributed by atoms with Crippen LogP contribution in [0.25, 0.3) is 12.2 Å². The maximum Gasteiger partial charge on any atom is 1.00 e. The topological polar surface area (TPSA) is 40.1 Å². The van der Waals surface area contributed by atoms with E-state index in [-0.39, 0.29) is 56.9 Å². The summed E-state index contributed by atoms with van der Waals surface area (Å²) in [6.45, 7) is 0. The Hall–Kier alpha value is -0.714. The van der Waals surface area contributed by atoms with Gasteiger partial charge in [-0.1, -0.05) is 60.7 Å². The van der Waals surface area contributed by atoms with E-state index in [1.807, 2.05) is 48.6 Å². The van der Waals surface area contributed by atoms with E-state index in [0.717, 1.165) is 11.1 Å². The van der Waals surface area contributed by atoms with Gasteiger partial charge in [0.2, 0.25) is 0 Å². The number of hydrogen-bond donors (Lipinski definition) is 0. The third-order valence-corrected chi connectivity index (χ3v) is 2.39. The molecule has 2 rings (SSSR count). The van der Waals surface area contributed by atoms with Crippen LogP contribution in [0.2, 0.25) is 0 Å². The Balaban J connectivity index is 0.00000162. The Morgan fingerprint density at radius 2 is 1.50 bits per heavy atom. The van der Waals surface area contributed by atoms with Crippen molar-refractivity contribution >= 4 is 18.1 Å². The molecule has 0 spiro atoms. The Labute approximate surface area is 149 Å². The molecule has 0 unspecified atom stereocenters. The zero-order valence-electron chi connectivity index (χ0n) is 10.2. The molecule has 0 fully saturated rings. The van der Waals surface area contributed by atoms with E-state index >= 15 is 0 Å². The number of carbonyl (C=O) groups is 1. The van der Waals surface area contributed by atoms with Gasteiger partial charge in [-0.25, -0.2) is 0 Å². The van der Waals surface area contributed by atoms with E-state index in [2.05, 4.69) is 0 Å². The number of rotatable bonds is 3. The molecular formula is C15H11KO2. The average molecular weight is 262 g/mol. The minimum atomic E-state index is -1.15. The van der Waals surface area contributed by atoms with E-state index in [4.69, 9.17) is 0 Å². The molecule has 0 bridgehead atoms. The van der Waals surface area contributed by atoms with Crippen molar-refractivity contribution in [2.45, 2.75) is 0 Å². The smallest absolute Gasteiger partial charge is 0.545 e. The second-order valence-corrected chi connectivity index (χ2v) is 3.66. The molecule has 2 aromatic carbocycles. The van der Waals surface area contributed by atoms with Crippen LogP contribution in [0.5, 0.6) is 0 Å². The Bertz CT molecular complexity index is 547. The molecule has 2 aromatic rings. The molecule has 3 heteroatoms. The molecular weight excluding hydrogens is 251 g/mol. The summed E-state index contributed by atoms with van der Waals surface area (Å²) in [5.74, 6) is -1.15. The van der Waals surface area contributed by atoms with Gasteiger partial charge in [0.1, 0.15) is 0 Å². The van der Waals surface area contributed by atoms with Gasteiger partial charge in [-0.3, -0.25) is 0 Å². The van der Waals surface area contributed by atoms with Crippen LogP contribution in [0.3, 0.4) is 0 Å². The van der Waals surface area contributed by atoms with Crippen molar-refractivity contribution in [3.05, 3.63) is 71.3 Å². The van der Waals surface area contributed by atoms with Crippen LogP contribution in [-0.2, 0) is 0 Å². The Morgan fingerprint density at radius 1 is 0.889 bits per heavy atom. The summed E-state index contributed by atoms with van der Waals surface area (Å²) in [6, 6.07) is 16.5. The largest absolute Gasteiger partial charge is 1.00 e. The van der Waals surface area contributed by atoms with Crippen molar-refractivity contribution in [1.82, 2.24) is 0 Å². The van der Waals surface area contributed by atoms with Gasteiger partial charge in [-0.05, 0) is 22.8 Å². The van der Waals surface area contributed by atoms with Gasteiger partial charge < -0.3 is 9.90 Å². The van der Waals surface area contributed by atoms with Gasteiger partial charge in [0.25, 0.3) is 0 Å². The first-order valence-electron chi connectivity index (χ1n) is 5.30. The number of hydrogen-bond acceptors (Lipinski definition) is 2. The molecule has 0 aliphatic rings. The number of carbonyl (C=O) groups excluding carboxylic acids is 1. The van der Waals surface area contributed by atoms with Crippen LogP contribution in [0, 0.1) is 0 Å². The maximum absolute atomic E-state index is 10.7. The molecule has 0 radical (unpaired) electrons. The predicted octanol–water partition coefficient (Wildman–Crippen LogP) is -0.775. The van der Waals surface area contributed by atoms with Gasteiger partial charge >= 0.3 is 51.4 Å². The summed E-state index contributed by atoms with van der Waals surface area (Å²) in [5.41, 5.74) is 2.11. The van der Waals surface area contributed by atoms with E-state index in [0.29, 0.717) is 0 Å². The standard InChI is InChI=1S/C15H12O2.K/c16-15(17)14-8-4-7-13(11-14)10-9-12-5-2-1-3-6-12;/h1-11H,(H,16,17);/q;+1/p-1/b10-9-;.